The fourth-order valence-corrected chi connectivity index (χ4v) is 3.62. The highest BCUT2D eigenvalue weighted by Gasteiger charge is 2.32. The zero-order chi connectivity index (χ0) is 14.1. The van der Waals surface area contributed by atoms with Crippen molar-refractivity contribution in [2.45, 2.75) is 32.9 Å². The second-order valence-electron chi connectivity index (χ2n) is 5.63. The molecule has 3 heterocycles. The van der Waals surface area contributed by atoms with Crippen molar-refractivity contribution in [3.05, 3.63) is 33.5 Å². The Kier molecular flexibility index (Phi) is 3.87. The summed E-state index contributed by atoms with van der Waals surface area (Å²) in [6.45, 7) is 6.60. The van der Waals surface area contributed by atoms with Crippen molar-refractivity contribution in [1.82, 2.24) is 20.1 Å². The number of likely N-dealkylation sites (tertiary alicyclic amines) is 1. The Labute approximate surface area is 122 Å². The summed E-state index contributed by atoms with van der Waals surface area (Å²) in [6.07, 6.45) is 0.573. The van der Waals surface area contributed by atoms with E-state index in [0.29, 0.717) is 0 Å². The molecule has 0 radical (unpaired) electrons. The fourth-order valence-electron chi connectivity index (χ4n) is 2.80. The largest absolute Gasteiger partial charge is 0.391 e. The van der Waals surface area contributed by atoms with Crippen LogP contribution in [0.4, 0.5) is 0 Å². The van der Waals surface area contributed by atoms with Gasteiger partial charge in [-0.05, 0) is 26.3 Å². The monoisotopic (exact) mass is 292 g/mol. The van der Waals surface area contributed by atoms with Gasteiger partial charge in [0.1, 0.15) is 0 Å². The highest BCUT2D eigenvalue weighted by Crippen LogP contribution is 2.24. The Morgan fingerprint density at radius 2 is 2.30 bits per heavy atom. The number of aromatic amines is 1. The van der Waals surface area contributed by atoms with Gasteiger partial charge >= 0.3 is 0 Å². The standard InChI is InChI=1S/C14H20N4OS/c1-9-3-12(17-16-9)4-11-5-18(6-13(11)19)7-14-10(2)15-8-20-14/h3,8,11,13,19H,4-7H2,1-2H3,(H,16,17)/t11-,13-/m1/s1. The molecule has 2 N–H and O–H groups in total. The molecule has 5 nitrogen and oxygen atoms in total. The molecule has 20 heavy (non-hydrogen) atoms. The summed E-state index contributed by atoms with van der Waals surface area (Å²) in [4.78, 5) is 7.90. The minimum atomic E-state index is -0.264. The quantitative estimate of drug-likeness (QED) is 0.897. The van der Waals surface area contributed by atoms with Crippen LogP contribution in [0.2, 0.25) is 0 Å². The summed E-state index contributed by atoms with van der Waals surface area (Å²) in [5, 5.41) is 17.5. The molecule has 1 aliphatic rings. The van der Waals surface area contributed by atoms with Crippen molar-refractivity contribution in [2.24, 2.45) is 5.92 Å². The van der Waals surface area contributed by atoms with Gasteiger partial charge in [-0.1, -0.05) is 0 Å². The number of aryl methyl sites for hydroxylation is 2. The van der Waals surface area contributed by atoms with E-state index in [1.54, 1.807) is 11.3 Å². The molecule has 2 aromatic heterocycles. The van der Waals surface area contributed by atoms with E-state index >= 15 is 0 Å². The Morgan fingerprint density at radius 3 is 2.95 bits per heavy atom. The number of nitrogens with one attached hydrogen (secondary N) is 1. The van der Waals surface area contributed by atoms with Crippen molar-refractivity contribution >= 4 is 11.3 Å². The lowest BCUT2D eigenvalue weighted by molar-refractivity contribution is 0.140. The average molecular weight is 292 g/mol. The molecule has 108 valence electrons. The number of aliphatic hydroxyl groups excluding tert-OH is 1. The molecular formula is C14H20N4OS. The van der Waals surface area contributed by atoms with Crippen LogP contribution in [-0.4, -0.2) is 44.4 Å². The molecule has 0 aliphatic carbocycles. The van der Waals surface area contributed by atoms with Gasteiger partial charge in [-0.3, -0.25) is 10.00 Å². The number of rotatable bonds is 4. The smallest absolute Gasteiger partial charge is 0.0798 e. The maximum absolute atomic E-state index is 10.2. The Bertz CT molecular complexity index is 579. The van der Waals surface area contributed by atoms with E-state index < -0.39 is 0 Å². The van der Waals surface area contributed by atoms with Crippen LogP contribution in [0.5, 0.6) is 0 Å². The minimum Gasteiger partial charge on any atom is -0.391 e. The predicted molar refractivity (Wildman–Crippen MR) is 78.7 cm³/mol. The number of aromatic nitrogens is 3. The van der Waals surface area contributed by atoms with Gasteiger partial charge in [0.2, 0.25) is 0 Å². The van der Waals surface area contributed by atoms with E-state index in [2.05, 4.69) is 26.1 Å². The molecule has 0 saturated carbocycles. The summed E-state index contributed by atoms with van der Waals surface area (Å²) in [5.41, 5.74) is 5.11. The zero-order valence-corrected chi connectivity index (χ0v) is 12.7. The highest BCUT2D eigenvalue weighted by molar-refractivity contribution is 7.09. The maximum Gasteiger partial charge on any atom is 0.0798 e. The lowest BCUT2D eigenvalue weighted by Gasteiger charge is -2.14. The third-order valence-corrected chi connectivity index (χ3v) is 4.84. The molecule has 1 fully saturated rings. The third-order valence-electron chi connectivity index (χ3n) is 3.92. The molecule has 1 saturated heterocycles. The van der Waals surface area contributed by atoms with Gasteiger partial charge < -0.3 is 5.11 Å². The number of aliphatic hydroxyl groups is 1. The van der Waals surface area contributed by atoms with Crippen LogP contribution in [0.25, 0.3) is 0 Å². The van der Waals surface area contributed by atoms with E-state index in [4.69, 9.17) is 0 Å². The number of hydrogen-bond acceptors (Lipinski definition) is 5. The van der Waals surface area contributed by atoms with Crippen LogP contribution in [0, 0.1) is 19.8 Å². The van der Waals surface area contributed by atoms with Crippen molar-refractivity contribution in [3.8, 4) is 0 Å². The molecule has 2 atom stereocenters. The van der Waals surface area contributed by atoms with Crippen LogP contribution in [0.15, 0.2) is 11.6 Å². The molecule has 0 bridgehead atoms. The van der Waals surface area contributed by atoms with Gasteiger partial charge in [-0.15, -0.1) is 11.3 Å². The van der Waals surface area contributed by atoms with E-state index in [1.165, 1.54) is 4.88 Å². The lowest BCUT2D eigenvalue weighted by Crippen LogP contribution is -2.21. The first-order valence-electron chi connectivity index (χ1n) is 6.92. The summed E-state index contributed by atoms with van der Waals surface area (Å²) in [5.74, 6) is 0.269. The minimum absolute atomic E-state index is 0.264. The molecular weight excluding hydrogens is 272 g/mol. The van der Waals surface area contributed by atoms with E-state index in [-0.39, 0.29) is 12.0 Å². The van der Waals surface area contributed by atoms with Crippen LogP contribution in [-0.2, 0) is 13.0 Å². The lowest BCUT2D eigenvalue weighted by atomic mass is 10.0. The number of β-amino-alcohol motifs (C(OH)–C–C–N with tert-alkyl or cyclic N) is 1. The Hall–Kier alpha value is -1.24. The first-order chi connectivity index (χ1) is 9.61. The molecule has 2 aromatic rings. The maximum atomic E-state index is 10.2. The van der Waals surface area contributed by atoms with Gasteiger partial charge in [0, 0.05) is 36.1 Å². The molecule has 0 unspecified atom stereocenters. The van der Waals surface area contributed by atoms with Crippen LogP contribution in [0.1, 0.15) is 22.0 Å². The van der Waals surface area contributed by atoms with E-state index in [0.717, 1.165) is 43.1 Å². The summed E-state index contributed by atoms with van der Waals surface area (Å²) < 4.78 is 0. The van der Waals surface area contributed by atoms with Crippen molar-refractivity contribution in [3.63, 3.8) is 0 Å². The molecule has 0 aromatic carbocycles. The Morgan fingerprint density at radius 1 is 1.45 bits per heavy atom. The molecule has 3 rings (SSSR count). The second-order valence-corrected chi connectivity index (χ2v) is 6.57. The number of nitrogens with zero attached hydrogens (tertiary/aromatic N) is 3. The molecule has 0 amide bonds. The summed E-state index contributed by atoms with van der Waals surface area (Å²) >= 11 is 1.69. The van der Waals surface area contributed by atoms with Crippen LogP contribution in [0.3, 0.4) is 0 Å². The van der Waals surface area contributed by atoms with Gasteiger partial charge in [0.15, 0.2) is 0 Å². The van der Waals surface area contributed by atoms with Crippen molar-refractivity contribution in [2.75, 3.05) is 13.1 Å². The van der Waals surface area contributed by atoms with Gasteiger partial charge in [0.25, 0.3) is 0 Å². The van der Waals surface area contributed by atoms with Crippen molar-refractivity contribution < 1.29 is 5.11 Å². The van der Waals surface area contributed by atoms with Crippen molar-refractivity contribution in [1.29, 1.82) is 0 Å². The first kappa shape index (κ1) is 13.7. The molecule has 6 heteroatoms. The van der Waals surface area contributed by atoms with Gasteiger partial charge in [-0.25, -0.2) is 4.98 Å². The molecule has 0 spiro atoms. The van der Waals surface area contributed by atoms with Gasteiger partial charge in [0.05, 0.1) is 23.0 Å². The number of H-pyrrole nitrogens is 1. The normalized spacial score (nSPS) is 23.6. The fraction of sp³-hybridized carbons (Fsp3) is 0.571. The number of thiazole rings is 1. The average Bonchev–Trinajstić information content (AvgIpc) is 3.06. The summed E-state index contributed by atoms with van der Waals surface area (Å²) in [7, 11) is 0. The number of hydrogen-bond donors (Lipinski definition) is 2. The Balaban J connectivity index is 1.60. The topological polar surface area (TPSA) is 65.0 Å². The predicted octanol–water partition coefficient (Wildman–Crippen LogP) is 1.52. The third kappa shape index (κ3) is 2.92. The highest BCUT2D eigenvalue weighted by atomic mass is 32.1. The zero-order valence-electron chi connectivity index (χ0n) is 11.8. The van der Waals surface area contributed by atoms with E-state index in [1.807, 2.05) is 19.4 Å². The van der Waals surface area contributed by atoms with Gasteiger partial charge in [-0.2, -0.15) is 5.10 Å². The van der Waals surface area contributed by atoms with Crippen LogP contribution >= 0.6 is 11.3 Å². The van der Waals surface area contributed by atoms with Crippen LogP contribution < -0.4 is 0 Å². The molecule has 1 aliphatic heterocycles. The summed E-state index contributed by atoms with van der Waals surface area (Å²) in [6, 6.07) is 2.06. The van der Waals surface area contributed by atoms with E-state index in [9.17, 15) is 5.11 Å². The SMILES string of the molecule is Cc1cc(C[C@@H]2CN(Cc3scnc3C)C[C@H]2O)n[nH]1. The first-order valence-corrected chi connectivity index (χ1v) is 7.80. The second kappa shape index (κ2) is 5.63.